The number of ether oxygens (including phenoxy) is 1. The number of hydrogen-bond donors (Lipinski definition) is 2. The number of amides is 1. The number of allylic oxidation sites excluding steroid dienone is 1. The molecule has 0 spiro atoms. The van der Waals surface area contributed by atoms with Crippen molar-refractivity contribution in [2.45, 2.75) is 25.7 Å². The summed E-state index contributed by atoms with van der Waals surface area (Å²) >= 11 is 0. The van der Waals surface area contributed by atoms with Gasteiger partial charge in [-0.25, -0.2) is 0 Å². The van der Waals surface area contributed by atoms with Crippen LogP contribution in [0.4, 0.5) is 0 Å². The highest BCUT2D eigenvalue weighted by Gasteiger charge is 1.93. The van der Waals surface area contributed by atoms with E-state index in [1.165, 1.54) is 37.6 Å². The first-order valence-corrected chi connectivity index (χ1v) is 7.02. The van der Waals surface area contributed by atoms with E-state index in [-0.39, 0.29) is 0 Å². The van der Waals surface area contributed by atoms with E-state index in [1.807, 2.05) is 24.3 Å². The zero-order valence-electron chi connectivity index (χ0n) is 12.1. The number of carbonyl (C=O) groups excluding carboxylic acids is 1. The summed E-state index contributed by atoms with van der Waals surface area (Å²) in [5.41, 5.74) is 6.18. The average molecular weight is 276 g/mol. The van der Waals surface area contributed by atoms with Crippen molar-refractivity contribution in [1.29, 1.82) is 0 Å². The molecule has 0 atom stereocenters. The molecule has 0 saturated carbocycles. The first-order valence-electron chi connectivity index (χ1n) is 7.02. The first kappa shape index (κ1) is 16.2. The Hall–Kier alpha value is -1.81. The molecule has 0 bridgehead atoms. The second kappa shape index (κ2) is 10.0. The van der Waals surface area contributed by atoms with Crippen LogP contribution >= 0.6 is 0 Å². The van der Waals surface area contributed by atoms with Crippen molar-refractivity contribution in [3.8, 4) is 5.75 Å². The molecular weight excluding hydrogens is 252 g/mol. The summed E-state index contributed by atoms with van der Waals surface area (Å²) in [5, 5.41) is 3.22. The maximum atomic E-state index is 10.4. The highest BCUT2D eigenvalue weighted by Crippen LogP contribution is 2.12. The molecule has 4 heteroatoms. The molecule has 1 amide bonds. The number of primary amides is 1. The van der Waals surface area contributed by atoms with Crippen LogP contribution in [-0.4, -0.2) is 26.1 Å². The van der Waals surface area contributed by atoms with Crippen LogP contribution in [0.25, 0.3) is 0 Å². The largest absolute Gasteiger partial charge is 0.497 e. The van der Waals surface area contributed by atoms with Gasteiger partial charge >= 0.3 is 0 Å². The van der Waals surface area contributed by atoms with E-state index in [1.54, 1.807) is 13.2 Å². The minimum Gasteiger partial charge on any atom is -0.497 e. The molecule has 4 nitrogen and oxygen atoms in total. The Balaban J connectivity index is 0.000000333. The van der Waals surface area contributed by atoms with Crippen LogP contribution in [-0.2, 0) is 11.2 Å². The minimum atomic E-state index is -0.398. The van der Waals surface area contributed by atoms with Crippen LogP contribution in [0, 0.1) is 0 Å². The minimum absolute atomic E-state index is 0.398. The Kier molecular flexibility index (Phi) is 8.15. The molecular formula is C16H24N2O2. The Morgan fingerprint density at radius 2 is 1.95 bits per heavy atom. The lowest BCUT2D eigenvalue weighted by molar-refractivity contribution is -0.113. The van der Waals surface area contributed by atoms with Crippen molar-refractivity contribution in [2.75, 3.05) is 20.2 Å². The predicted octanol–water partition coefficient (Wildman–Crippen LogP) is 2.04. The van der Waals surface area contributed by atoms with Gasteiger partial charge < -0.3 is 15.8 Å². The average Bonchev–Trinajstić information content (AvgIpc) is 3.03. The fourth-order valence-corrected chi connectivity index (χ4v) is 1.87. The van der Waals surface area contributed by atoms with Gasteiger partial charge in [-0.05, 0) is 62.5 Å². The number of aryl methyl sites for hydroxylation is 1. The summed E-state index contributed by atoms with van der Waals surface area (Å²) in [7, 11) is 1.64. The van der Waals surface area contributed by atoms with E-state index in [4.69, 9.17) is 10.5 Å². The lowest BCUT2D eigenvalue weighted by Gasteiger charge is -2.01. The number of hydrogen-bond acceptors (Lipinski definition) is 3. The first-order chi connectivity index (χ1) is 9.72. The van der Waals surface area contributed by atoms with Gasteiger partial charge in [0.15, 0.2) is 0 Å². The summed E-state index contributed by atoms with van der Waals surface area (Å²) in [5.74, 6) is 0.455. The maximum absolute atomic E-state index is 10.4. The third-order valence-electron chi connectivity index (χ3n) is 3.00. The van der Waals surface area contributed by atoms with Gasteiger partial charge in [-0.15, -0.1) is 0 Å². The van der Waals surface area contributed by atoms with Crippen molar-refractivity contribution in [3.05, 3.63) is 42.0 Å². The molecule has 0 aliphatic carbocycles. The standard InChI is InChI=1S/C12H15NO2.C4H9N/c1-15-11-8-6-10(7-9-11)4-2-3-5-12(13)14;1-2-4-5-3-1/h3,5-9H,2,4H2,1H3,(H2,13,14);5H,1-4H2/b5-3+;. The van der Waals surface area contributed by atoms with Crippen LogP contribution < -0.4 is 15.8 Å². The topological polar surface area (TPSA) is 64.3 Å². The van der Waals surface area contributed by atoms with Gasteiger partial charge in [0.25, 0.3) is 0 Å². The molecule has 20 heavy (non-hydrogen) atoms. The van der Waals surface area contributed by atoms with Crippen molar-refractivity contribution in [2.24, 2.45) is 5.73 Å². The van der Waals surface area contributed by atoms with Crippen LogP contribution in [0.15, 0.2) is 36.4 Å². The molecule has 1 saturated heterocycles. The molecule has 2 rings (SSSR count). The lowest BCUT2D eigenvalue weighted by atomic mass is 10.1. The quantitative estimate of drug-likeness (QED) is 0.809. The Morgan fingerprint density at radius 3 is 2.40 bits per heavy atom. The van der Waals surface area contributed by atoms with Gasteiger partial charge in [0, 0.05) is 0 Å². The smallest absolute Gasteiger partial charge is 0.241 e. The highest BCUT2D eigenvalue weighted by molar-refractivity contribution is 5.85. The molecule has 0 aromatic heterocycles. The molecule has 1 aliphatic heterocycles. The zero-order chi connectivity index (χ0) is 14.6. The second-order valence-electron chi connectivity index (χ2n) is 4.65. The van der Waals surface area contributed by atoms with Crippen LogP contribution in [0.1, 0.15) is 24.8 Å². The van der Waals surface area contributed by atoms with E-state index in [2.05, 4.69) is 5.32 Å². The molecule has 0 radical (unpaired) electrons. The van der Waals surface area contributed by atoms with Gasteiger partial charge in [0.05, 0.1) is 7.11 Å². The summed E-state index contributed by atoms with van der Waals surface area (Å²) in [4.78, 5) is 10.4. The summed E-state index contributed by atoms with van der Waals surface area (Å²) in [6.07, 6.45) is 7.67. The molecule has 3 N–H and O–H groups in total. The normalized spacial score (nSPS) is 13.8. The molecule has 0 unspecified atom stereocenters. The number of benzene rings is 1. The van der Waals surface area contributed by atoms with Crippen molar-refractivity contribution in [3.63, 3.8) is 0 Å². The fourth-order valence-electron chi connectivity index (χ4n) is 1.87. The van der Waals surface area contributed by atoms with Crippen LogP contribution in [0.3, 0.4) is 0 Å². The van der Waals surface area contributed by atoms with E-state index in [0.717, 1.165) is 18.6 Å². The Bertz CT molecular complexity index is 401. The van der Waals surface area contributed by atoms with Gasteiger partial charge in [0.2, 0.25) is 5.91 Å². The van der Waals surface area contributed by atoms with E-state index in [9.17, 15) is 4.79 Å². The Labute approximate surface area is 121 Å². The van der Waals surface area contributed by atoms with Crippen molar-refractivity contribution < 1.29 is 9.53 Å². The van der Waals surface area contributed by atoms with Gasteiger partial charge in [-0.2, -0.15) is 0 Å². The molecule has 1 aromatic carbocycles. The monoisotopic (exact) mass is 276 g/mol. The Morgan fingerprint density at radius 1 is 1.30 bits per heavy atom. The third kappa shape index (κ3) is 7.59. The van der Waals surface area contributed by atoms with Gasteiger partial charge in [-0.1, -0.05) is 18.2 Å². The summed E-state index contributed by atoms with van der Waals surface area (Å²) in [6.45, 7) is 2.50. The molecule has 1 aromatic rings. The van der Waals surface area contributed by atoms with Crippen LogP contribution in [0.5, 0.6) is 5.75 Å². The van der Waals surface area contributed by atoms with E-state index in [0.29, 0.717) is 0 Å². The van der Waals surface area contributed by atoms with E-state index >= 15 is 0 Å². The predicted molar refractivity (Wildman–Crippen MR) is 81.8 cm³/mol. The molecule has 1 heterocycles. The van der Waals surface area contributed by atoms with E-state index < -0.39 is 5.91 Å². The molecule has 1 fully saturated rings. The maximum Gasteiger partial charge on any atom is 0.241 e. The van der Waals surface area contributed by atoms with Gasteiger partial charge in [0.1, 0.15) is 5.75 Å². The summed E-state index contributed by atoms with van der Waals surface area (Å²) in [6, 6.07) is 7.87. The van der Waals surface area contributed by atoms with Crippen molar-refractivity contribution in [1.82, 2.24) is 5.32 Å². The summed E-state index contributed by atoms with van der Waals surface area (Å²) < 4.78 is 5.05. The highest BCUT2D eigenvalue weighted by atomic mass is 16.5. The number of carbonyl (C=O) groups is 1. The lowest BCUT2D eigenvalue weighted by Crippen LogP contribution is -2.05. The molecule has 1 aliphatic rings. The van der Waals surface area contributed by atoms with Crippen LogP contribution in [0.2, 0.25) is 0 Å². The van der Waals surface area contributed by atoms with Crippen molar-refractivity contribution >= 4 is 5.91 Å². The number of methoxy groups -OCH3 is 1. The third-order valence-corrected chi connectivity index (χ3v) is 3.00. The second-order valence-corrected chi connectivity index (χ2v) is 4.65. The SMILES string of the molecule is C1CCNC1.COc1ccc(CC/C=C/C(N)=O)cc1. The number of rotatable bonds is 5. The zero-order valence-corrected chi connectivity index (χ0v) is 12.1. The molecule has 110 valence electrons. The fraction of sp³-hybridized carbons (Fsp3) is 0.438. The number of nitrogens with two attached hydrogens (primary N) is 1. The van der Waals surface area contributed by atoms with Gasteiger partial charge in [-0.3, -0.25) is 4.79 Å². The number of nitrogens with one attached hydrogen (secondary N) is 1.